The summed E-state index contributed by atoms with van der Waals surface area (Å²) >= 11 is 1.47. The number of anilines is 1. The van der Waals surface area contributed by atoms with Crippen molar-refractivity contribution in [1.29, 1.82) is 0 Å². The first-order valence-corrected chi connectivity index (χ1v) is 6.63. The Labute approximate surface area is 105 Å². The molecule has 0 atom stereocenters. The summed E-state index contributed by atoms with van der Waals surface area (Å²) in [6.07, 6.45) is 1.86. The summed E-state index contributed by atoms with van der Waals surface area (Å²) in [4.78, 5) is 26.8. The van der Waals surface area contributed by atoms with Crippen LogP contribution in [0.15, 0.2) is 11.4 Å². The van der Waals surface area contributed by atoms with Gasteiger partial charge in [-0.05, 0) is 12.5 Å². The van der Waals surface area contributed by atoms with Gasteiger partial charge in [0.15, 0.2) is 6.29 Å². The van der Waals surface area contributed by atoms with Crippen molar-refractivity contribution in [2.75, 3.05) is 31.1 Å². The van der Waals surface area contributed by atoms with E-state index in [1.807, 2.05) is 16.3 Å². The van der Waals surface area contributed by atoms with E-state index in [2.05, 4.69) is 4.90 Å². The third kappa shape index (κ3) is 2.85. The predicted octanol–water partition coefficient (Wildman–Crippen LogP) is 1.62. The largest absolute Gasteiger partial charge is 0.369 e. The molecule has 1 aromatic heterocycles. The lowest BCUT2D eigenvalue weighted by molar-refractivity contribution is -0.128. The average molecular weight is 252 g/mol. The van der Waals surface area contributed by atoms with Gasteiger partial charge in [-0.3, -0.25) is 9.59 Å². The first-order valence-electron chi connectivity index (χ1n) is 5.75. The van der Waals surface area contributed by atoms with Crippen molar-refractivity contribution in [1.82, 2.24) is 4.90 Å². The molecular weight excluding hydrogens is 236 g/mol. The molecule has 1 fully saturated rings. The Morgan fingerprint density at radius 2 is 2.18 bits per heavy atom. The van der Waals surface area contributed by atoms with Gasteiger partial charge >= 0.3 is 0 Å². The minimum atomic E-state index is 0.144. The van der Waals surface area contributed by atoms with E-state index in [-0.39, 0.29) is 5.91 Å². The van der Waals surface area contributed by atoms with Gasteiger partial charge in [-0.2, -0.15) is 0 Å². The SMILES string of the molecule is CC(=O)N1CCCN(c2csc(C=O)c2)CC1. The van der Waals surface area contributed by atoms with Crippen LogP contribution < -0.4 is 4.90 Å². The second-order valence-electron chi connectivity index (χ2n) is 4.17. The van der Waals surface area contributed by atoms with Crippen LogP contribution in [0.25, 0.3) is 0 Å². The van der Waals surface area contributed by atoms with Crippen LogP contribution in [0.5, 0.6) is 0 Å². The summed E-state index contributed by atoms with van der Waals surface area (Å²) in [6, 6.07) is 1.92. The molecule has 92 valence electrons. The maximum absolute atomic E-state index is 11.3. The monoisotopic (exact) mass is 252 g/mol. The van der Waals surface area contributed by atoms with Crippen molar-refractivity contribution in [3.05, 3.63) is 16.3 Å². The van der Waals surface area contributed by atoms with Gasteiger partial charge in [0, 0.05) is 44.2 Å². The Kier molecular flexibility index (Phi) is 3.78. The molecule has 0 saturated carbocycles. The molecule has 0 bridgehead atoms. The lowest BCUT2D eigenvalue weighted by Crippen LogP contribution is -2.33. The zero-order valence-corrected chi connectivity index (χ0v) is 10.7. The van der Waals surface area contributed by atoms with Gasteiger partial charge in [0.1, 0.15) is 0 Å². The summed E-state index contributed by atoms with van der Waals surface area (Å²) in [7, 11) is 0. The summed E-state index contributed by atoms with van der Waals surface area (Å²) in [5, 5.41) is 2.01. The standard InChI is InChI=1S/C12H16N2O2S/c1-10(16)13-3-2-4-14(6-5-13)11-7-12(8-15)17-9-11/h7-9H,2-6H2,1H3. The maximum Gasteiger partial charge on any atom is 0.219 e. The molecule has 0 aliphatic carbocycles. The normalized spacial score (nSPS) is 16.8. The molecule has 1 aliphatic heterocycles. The quantitative estimate of drug-likeness (QED) is 0.751. The van der Waals surface area contributed by atoms with Gasteiger partial charge < -0.3 is 9.80 Å². The van der Waals surface area contributed by atoms with Gasteiger partial charge in [0.25, 0.3) is 0 Å². The summed E-state index contributed by atoms with van der Waals surface area (Å²) < 4.78 is 0. The van der Waals surface area contributed by atoms with Crippen molar-refractivity contribution in [3.63, 3.8) is 0 Å². The summed E-state index contributed by atoms with van der Waals surface area (Å²) in [5.41, 5.74) is 1.10. The highest BCUT2D eigenvalue weighted by atomic mass is 32.1. The molecule has 1 amide bonds. The van der Waals surface area contributed by atoms with Crippen molar-refractivity contribution >= 4 is 29.2 Å². The number of hydrogen-bond donors (Lipinski definition) is 0. The fourth-order valence-corrected chi connectivity index (χ4v) is 2.78. The number of carbonyl (C=O) groups excluding carboxylic acids is 2. The molecule has 0 radical (unpaired) electrons. The molecular formula is C12H16N2O2S. The Morgan fingerprint density at radius 3 is 2.82 bits per heavy atom. The van der Waals surface area contributed by atoms with Gasteiger partial charge in [0.2, 0.25) is 5.91 Å². The average Bonchev–Trinajstić information content (AvgIpc) is 2.65. The Bertz CT molecular complexity index is 416. The van der Waals surface area contributed by atoms with Crippen LogP contribution in [0, 0.1) is 0 Å². The van der Waals surface area contributed by atoms with Gasteiger partial charge in [-0.1, -0.05) is 0 Å². The second kappa shape index (κ2) is 5.31. The zero-order valence-electron chi connectivity index (χ0n) is 9.89. The van der Waals surface area contributed by atoms with Crippen LogP contribution >= 0.6 is 11.3 Å². The molecule has 4 nitrogen and oxygen atoms in total. The van der Waals surface area contributed by atoms with E-state index in [9.17, 15) is 9.59 Å². The minimum Gasteiger partial charge on any atom is -0.369 e. The lowest BCUT2D eigenvalue weighted by atomic mass is 10.3. The molecule has 2 rings (SSSR count). The van der Waals surface area contributed by atoms with Gasteiger partial charge in [-0.15, -0.1) is 11.3 Å². The van der Waals surface area contributed by atoms with E-state index in [1.54, 1.807) is 6.92 Å². The van der Waals surface area contributed by atoms with E-state index in [0.29, 0.717) is 0 Å². The Morgan fingerprint density at radius 1 is 1.35 bits per heavy atom. The molecule has 0 spiro atoms. The minimum absolute atomic E-state index is 0.144. The fraction of sp³-hybridized carbons (Fsp3) is 0.500. The van der Waals surface area contributed by atoms with E-state index in [4.69, 9.17) is 0 Å². The molecule has 17 heavy (non-hydrogen) atoms. The van der Waals surface area contributed by atoms with Crippen LogP contribution in [-0.4, -0.2) is 43.3 Å². The third-order valence-corrected chi connectivity index (χ3v) is 3.87. The number of aldehydes is 1. The highest BCUT2D eigenvalue weighted by Crippen LogP contribution is 2.23. The van der Waals surface area contributed by atoms with E-state index < -0.39 is 0 Å². The van der Waals surface area contributed by atoms with Gasteiger partial charge in [0.05, 0.1) is 4.88 Å². The number of amides is 1. The first kappa shape index (κ1) is 12.1. The second-order valence-corrected chi connectivity index (χ2v) is 5.11. The maximum atomic E-state index is 11.3. The number of nitrogens with zero attached hydrogens (tertiary/aromatic N) is 2. The molecule has 1 aromatic rings. The summed E-state index contributed by atoms with van der Waals surface area (Å²) in [5.74, 6) is 0.144. The van der Waals surface area contributed by atoms with Gasteiger partial charge in [-0.25, -0.2) is 0 Å². The van der Waals surface area contributed by atoms with Crippen LogP contribution in [0.4, 0.5) is 5.69 Å². The molecule has 2 heterocycles. The summed E-state index contributed by atoms with van der Waals surface area (Å²) in [6.45, 7) is 5.00. The molecule has 1 aliphatic rings. The highest BCUT2D eigenvalue weighted by Gasteiger charge is 2.17. The van der Waals surface area contributed by atoms with Crippen LogP contribution in [0.2, 0.25) is 0 Å². The number of carbonyl (C=O) groups is 2. The topological polar surface area (TPSA) is 40.6 Å². The molecule has 0 unspecified atom stereocenters. The number of thiophene rings is 1. The van der Waals surface area contributed by atoms with Crippen molar-refractivity contribution < 1.29 is 9.59 Å². The Hall–Kier alpha value is -1.36. The van der Waals surface area contributed by atoms with Crippen LogP contribution in [-0.2, 0) is 4.79 Å². The number of rotatable bonds is 2. The highest BCUT2D eigenvalue weighted by molar-refractivity contribution is 7.12. The van der Waals surface area contributed by atoms with E-state index in [0.717, 1.165) is 49.5 Å². The lowest BCUT2D eigenvalue weighted by Gasteiger charge is -2.21. The van der Waals surface area contributed by atoms with Crippen LogP contribution in [0.3, 0.4) is 0 Å². The first-order chi connectivity index (χ1) is 8.20. The fourth-order valence-electron chi connectivity index (χ4n) is 2.06. The number of hydrogen-bond acceptors (Lipinski definition) is 4. The van der Waals surface area contributed by atoms with E-state index >= 15 is 0 Å². The third-order valence-electron chi connectivity index (χ3n) is 3.03. The van der Waals surface area contributed by atoms with Crippen LogP contribution in [0.1, 0.15) is 23.0 Å². The molecule has 1 saturated heterocycles. The van der Waals surface area contributed by atoms with E-state index in [1.165, 1.54) is 11.3 Å². The molecule has 0 N–H and O–H groups in total. The van der Waals surface area contributed by atoms with Crippen molar-refractivity contribution in [2.45, 2.75) is 13.3 Å². The van der Waals surface area contributed by atoms with Crippen molar-refractivity contribution in [3.8, 4) is 0 Å². The zero-order chi connectivity index (χ0) is 12.3. The predicted molar refractivity (Wildman–Crippen MR) is 68.8 cm³/mol. The molecule has 5 heteroatoms. The Balaban J connectivity index is 2.03. The molecule has 0 aromatic carbocycles. The smallest absolute Gasteiger partial charge is 0.219 e. The van der Waals surface area contributed by atoms with Crippen molar-refractivity contribution in [2.24, 2.45) is 0 Å².